The molecule has 0 aliphatic heterocycles. The maximum atomic E-state index is 5.44. The van der Waals surface area contributed by atoms with Crippen molar-refractivity contribution >= 4 is 5.69 Å². The van der Waals surface area contributed by atoms with Gasteiger partial charge in [-0.2, -0.15) is 0 Å². The Kier molecular flexibility index (Phi) is 5.06. The van der Waals surface area contributed by atoms with Crippen molar-refractivity contribution in [1.29, 1.82) is 0 Å². The molecule has 18 heavy (non-hydrogen) atoms. The third-order valence-electron chi connectivity index (χ3n) is 3.41. The number of rotatable bonds is 5. The molecule has 0 spiro atoms. The van der Waals surface area contributed by atoms with E-state index in [0.717, 1.165) is 24.3 Å². The fourth-order valence-electron chi connectivity index (χ4n) is 2.00. The number of benzene rings is 1. The highest BCUT2D eigenvalue weighted by molar-refractivity contribution is 5.59. The lowest BCUT2D eigenvalue weighted by Crippen LogP contribution is -2.18. The van der Waals surface area contributed by atoms with Crippen molar-refractivity contribution in [3.8, 4) is 5.75 Å². The van der Waals surface area contributed by atoms with Crippen LogP contribution in [0.4, 0.5) is 5.69 Å². The first-order chi connectivity index (χ1) is 8.42. The molecular formula is C16H27NO. The second-order valence-corrected chi connectivity index (χ2v) is 5.82. The minimum atomic E-state index is 0.163. The van der Waals surface area contributed by atoms with Crippen LogP contribution in [0, 0.1) is 0 Å². The van der Waals surface area contributed by atoms with E-state index in [1.807, 2.05) is 0 Å². The molecule has 102 valence electrons. The van der Waals surface area contributed by atoms with Gasteiger partial charge in [0.05, 0.1) is 12.8 Å². The monoisotopic (exact) mass is 249 g/mol. The van der Waals surface area contributed by atoms with Gasteiger partial charge >= 0.3 is 0 Å². The fraction of sp³-hybridized carbons (Fsp3) is 0.625. The molecule has 0 atom stereocenters. The van der Waals surface area contributed by atoms with Gasteiger partial charge in [-0.05, 0) is 36.0 Å². The maximum Gasteiger partial charge on any atom is 0.141 e. The molecule has 0 aliphatic rings. The Morgan fingerprint density at radius 2 is 1.78 bits per heavy atom. The van der Waals surface area contributed by atoms with Gasteiger partial charge in [-0.3, -0.25) is 0 Å². The lowest BCUT2D eigenvalue weighted by Gasteiger charge is -2.23. The summed E-state index contributed by atoms with van der Waals surface area (Å²) < 4.78 is 5.44. The van der Waals surface area contributed by atoms with E-state index in [4.69, 9.17) is 4.74 Å². The van der Waals surface area contributed by atoms with E-state index in [1.165, 1.54) is 5.56 Å². The molecule has 0 aromatic heterocycles. The quantitative estimate of drug-likeness (QED) is 0.824. The van der Waals surface area contributed by atoms with Crippen LogP contribution in [0.1, 0.15) is 53.0 Å². The first kappa shape index (κ1) is 14.9. The van der Waals surface area contributed by atoms with E-state index in [-0.39, 0.29) is 5.41 Å². The lowest BCUT2D eigenvalue weighted by atomic mass is 9.86. The van der Waals surface area contributed by atoms with Crippen LogP contribution in [0.3, 0.4) is 0 Å². The summed E-state index contributed by atoms with van der Waals surface area (Å²) >= 11 is 0. The van der Waals surface area contributed by atoms with Gasteiger partial charge in [-0.25, -0.2) is 0 Å². The van der Waals surface area contributed by atoms with Crippen LogP contribution in [0.25, 0.3) is 0 Å². The summed E-state index contributed by atoms with van der Waals surface area (Å²) in [5.41, 5.74) is 2.60. The predicted octanol–water partition coefficient (Wildman–Crippen LogP) is 4.59. The zero-order valence-corrected chi connectivity index (χ0v) is 12.6. The second kappa shape index (κ2) is 6.12. The second-order valence-electron chi connectivity index (χ2n) is 5.82. The minimum absolute atomic E-state index is 0.163. The Bertz CT molecular complexity index is 375. The first-order valence-electron chi connectivity index (χ1n) is 6.87. The molecular weight excluding hydrogens is 222 g/mol. The van der Waals surface area contributed by atoms with Crippen molar-refractivity contribution in [2.24, 2.45) is 0 Å². The lowest BCUT2D eigenvalue weighted by molar-refractivity contribution is 0.415. The Labute approximate surface area is 112 Å². The smallest absolute Gasteiger partial charge is 0.141 e. The van der Waals surface area contributed by atoms with Crippen LogP contribution in [0.2, 0.25) is 0 Å². The van der Waals surface area contributed by atoms with Gasteiger partial charge in [-0.1, -0.05) is 40.7 Å². The summed E-state index contributed by atoms with van der Waals surface area (Å²) in [5, 5.41) is 3.59. The summed E-state index contributed by atoms with van der Waals surface area (Å²) in [7, 11) is 1.73. The number of anilines is 1. The standard InChI is InChI=1S/C16H27NO/c1-7-13(8-2)17-14-11-12(16(3,4)5)9-10-15(14)18-6/h9-11,13,17H,7-8H2,1-6H3. The predicted molar refractivity (Wildman–Crippen MR) is 79.7 cm³/mol. The van der Waals surface area contributed by atoms with Gasteiger partial charge in [0.2, 0.25) is 0 Å². The van der Waals surface area contributed by atoms with Crippen LogP contribution in [-0.4, -0.2) is 13.2 Å². The van der Waals surface area contributed by atoms with Crippen LogP contribution in [0.5, 0.6) is 5.75 Å². The number of hydrogen-bond donors (Lipinski definition) is 1. The molecule has 0 radical (unpaired) electrons. The molecule has 0 fully saturated rings. The molecule has 0 saturated heterocycles. The van der Waals surface area contributed by atoms with E-state index in [0.29, 0.717) is 6.04 Å². The number of ether oxygens (including phenoxy) is 1. The Hall–Kier alpha value is -1.18. The van der Waals surface area contributed by atoms with Crippen molar-refractivity contribution in [1.82, 2.24) is 0 Å². The van der Waals surface area contributed by atoms with Gasteiger partial charge in [-0.15, -0.1) is 0 Å². The highest BCUT2D eigenvalue weighted by atomic mass is 16.5. The molecule has 2 heteroatoms. The van der Waals surface area contributed by atoms with E-state index >= 15 is 0 Å². The van der Waals surface area contributed by atoms with Crippen molar-refractivity contribution in [2.45, 2.75) is 58.9 Å². The van der Waals surface area contributed by atoms with E-state index in [1.54, 1.807) is 7.11 Å². The van der Waals surface area contributed by atoms with Crippen molar-refractivity contribution < 1.29 is 4.74 Å². The largest absolute Gasteiger partial charge is 0.495 e. The summed E-state index contributed by atoms with van der Waals surface area (Å²) in [4.78, 5) is 0. The van der Waals surface area contributed by atoms with Crippen LogP contribution in [-0.2, 0) is 5.41 Å². The summed E-state index contributed by atoms with van der Waals surface area (Å²) in [5.74, 6) is 0.926. The van der Waals surface area contributed by atoms with Crippen LogP contribution >= 0.6 is 0 Å². The highest BCUT2D eigenvalue weighted by Gasteiger charge is 2.16. The van der Waals surface area contributed by atoms with E-state index in [9.17, 15) is 0 Å². The first-order valence-corrected chi connectivity index (χ1v) is 6.87. The zero-order chi connectivity index (χ0) is 13.8. The van der Waals surface area contributed by atoms with Crippen molar-refractivity contribution in [3.63, 3.8) is 0 Å². The molecule has 0 bridgehead atoms. The fourth-order valence-corrected chi connectivity index (χ4v) is 2.00. The van der Waals surface area contributed by atoms with Crippen LogP contribution in [0.15, 0.2) is 18.2 Å². The minimum Gasteiger partial charge on any atom is -0.495 e. The van der Waals surface area contributed by atoms with Crippen LogP contribution < -0.4 is 10.1 Å². The molecule has 1 aromatic carbocycles. The third kappa shape index (κ3) is 3.66. The average Bonchev–Trinajstić information content (AvgIpc) is 2.34. The highest BCUT2D eigenvalue weighted by Crippen LogP contribution is 2.32. The van der Waals surface area contributed by atoms with E-state index in [2.05, 4.69) is 58.1 Å². The average molecular weight is 249 g/mol. The maximum absolute atomic E-state index is 5.44. The molecule has 1 aromatic rings. The number of nitrogens with one attached hydrogen (secondary N) is 1. The summed E-state index contributed by atoms with van der Waals surface area (Å²) in [6.07, 6.45) is 2.25. The number of hydrogen-bond acceptors (Lipinski definition) is 2. The summed E-state index contributed by atoms with van der Waals surface area (Å²) in [6.45, 7) is 11.1. The normalized spacial score (nSPS) is 11.7. The Morgan fingerprint density at radius 1 is 1.17 bits per heavy atom. The summed E-state index contributed by atoms with van der Waals surface area (Å²) in [6, 6.07) is 6.94. The molecule has 0 amide bonds. The Balaban J connectivity index is 3.06. The molecule has 1 rings (SSSR count). The molecule has 0 unspecified atom stereocenters. The molecule has 0 saturated carbocycles. The van der Waals surface area contributed by atoms with Crippen molar-refractivity contribution in [3.05, 3.63) is 23.8 Å². The van der Waals surface area contributed by atoms with Gasteiger partial charge < -0.3 is 10.1 Å². The Morgan fingerprint density at radius 3 is 2.22 bits per heavy atom. The topological polar surface area (TPSA) is 21.3 Å². The number of methoxy groups -OCH3 is 1. The van der Waals surface area contributed by atoms with Gasteiger partial charge in [0.15, 0.2) is 0 Å². The molecule has 1 N–H and O–H groups in total. The van der Waals surface area contributed by atoms with Gasteiger partial charge in [0, 0.05) is 6.04 Å². The third-order valence-corrected chi connectivity index (χ3v) is 3.41. The SMILES string of the molecule is CCC(CC)Nc1cc(C(C)(C)C)ccc1OC. The molecule has 2 nitrogen and oxygen atoms in total. The zero-order valence-electron chi connectivity index (χ0n) is 12.6. The van der Waals surface area contributed by atoms with Crippen molar-refractivity contribution in [2.75, 3.05) is 12.4 Å². The molecule has 0 heterocycles. The molecule has 0 aliphatic carbocycles. The van der Waals surface area contributed by atoms with Gasteiger partial charge in [0.25, 0.3) is 0 Å². The van der Waals surface area contributed by atoms with Gasteiger partial charge in [0.1, 0.15) is 5.75 Å². The van der Waals surface area contributed by atoms with E-state index < -0.39 is 0 Å².